The van der Waals surface area contributed by atoms with E-state index in [1.54, 1.807) is 13.8 Å². The van der Waals surface area contributed by atoms with Crippen LogP contribution in [0.3, 0.4) is 0 Å². The van der Waals surface area contributed by atoms with E-state index in [1.807, 2.05) is 5.32 Å². The van der Waals surface area contributed by atoms with Crippen molar-refractivity contribution in [1.82, 2.24) is 5.32 Å². The first-order chi connectivity index (χ1) is 9.85. The predicted octanol–water partition coefficient (Wildman–Crippen LogP) is 4.10. The number of rotatable bonds is 9. The summed E-state index contributed by atoms with van der Waals surface area (Å²) in [5, 5.41) is 1.91. The Balaban J connectivity index is 4.80. The summed E-state index contributed by atoms with van der Waals surface area (Å²) >= 11 is 0. The normalized spacial score (nSPS) is 13.8. The molecule has 0 saturated carbocycles. The highest BCUT2D eigenvalue weighted by molar-refractivity contribution is 5.78. The van der Waals surface area contributed by atoms with E-state index in [4.69, 9.17) is 0 Å². The lowest BCUT2D eigenvalue weighted by Gasteiger charge is -2.32. The van der Waals surface area contributed by atoms with E-state index in [0.717, 1.165) is 0 Å². The van der Waals surface area contributed by atoms with Crippen LogP contribution in [0.25, 0.3) is 0 Å². The van der Waals surface area contributed by atoms with Crippen LogP contribution in [-0.4, -0.2) is 36.6 Å². The highest BCUT2D eigenvalue weighted by Gasteiger charge is 2.74. The molecule has 0 fully saturated rings. The van der Waals surface area contributed by atoms with Gasteiger partial charge in [0.2, 0.25) is 5.91 Å². The maximum Gasteiger partial charge on any atom is 0.377 e. The Labute approximate surface area is 122 Å². The van der Waals surface area contributed by atoms with Crippen molar-refractivity contribution in [2.75, 3.05) is 6.54 Å². The third-order valence-corrected chi connectivity index (χ3v) is 3.25. The minimum Gasteiger partial charge on any atom is -0.356 e. The molecule has 2 nitrogen and oxygen atoms in total. The van der Waals surface area contributed by atoms with Gasteiger partial charge in [-0.15, -0.1) is 0 Å². The molecule has 0 radical (unpaired) electrons. The standard InChI is InChI=1S/C12H17F8NO/c1-3-7(4-2)8(22)21-6-5-10(15,16)12(19,20)11(17,18)9(13)14/h7,9H,3-6H2,1-2H3,(H,21,22). The zero-order chi connectivity index (χ0) is 17.8. The fraction of sp³-hybridized carbons (Fsp3) is 0.917. The van der Waals surface area contributed by atoms with E-state index in [2.05, 4.69) is 0 Å². The molecular weight excluding hydrogens is 326 g/mol. The van der Waals surface area contributed by atoms with E-state index >= 15 is 0 Å². The second-order valence-electron chi connectivity index (χ2n) is 4.76. The van der Waals surface area contributed by atoms with Crippen LogP contribution in [0.2, 0.25) is 0 Å². The lowest BCUT2D eigenvalue weighted by Crippen LogP contribution is -2.58. The summed E-state index contributed by atoms with van der Waals surface area (Å²) in [5.41, 5.74) is 0. The van der Waals surface area contributed by atoms with E-state index in [1.165, 1.54) is 0 Å². The maximum atomic E-state index is 13.2. The molecule has 1 N–H and O–H groups in total. The molecule has 0 aliphatic heterocycles. The van der Waals surface area contributed by atoms with Gasteiger partial charge in [0.15, 0.2) is 0 Å². The summed E-state index contributed by atoms with van der Waals surface area (Å²) in [6.07, 6.45) is -6.07. The van der Waals surface area contributed by atoms with Crippen molar-refractivity contribution in [2.24, 2.45) is 5.92 Å². The quantitative estimate of drug-likeness (QED) is 0.628. The van der Waals surface area contributed by atoms with Crippen LogP contribution in [0.15, 0.2) is 0 Å². The SMILES string of the molecule is CCC(CC)C(=O)NCCC(F)(F)C(F)(F)C(F)(F)C(F)F. The van der Waals surface area contributed by atoms with E-state index in [-0.39, 0.29) is 0 Å². The van der Waals surface area contributed by atoms with Crippen molar-refractivity contribution in [3.05, 3.63) is 0 Å². The minimum absolute atomic E-state index is 0.373. The molecule has 0 aliphatic rings. The van der Waals surface area contributed by atoms with Crippen LogP contribution < -0.4 is 5.32 Å². The first kappa shape index (κ1) is 20.9. The molecule has 0 rings (SSSR count). The van der Waals surface area contributed by atoms with E-state index in [9.17, 15) is 39.9 Å². The zero-order valence-corrected chi connectivity index (χ0v) is 11.9. The summed E-state index contributed by atoms with van der Waals surface area (Å²) in [7, 11) is 0. The number of alkyl halides is 8. The van der Waals surface area contributed by atoms with Gasteiger partial charge >= 0.3 is 24.2 Å². The maximum absolute atomic E-state index is 13.2. The van der Waals surface area contributed by atoms with Crippen molar-refractivity contribution >= 4 is 5.91 Å². The third-order valence-electron chi connectivity index (χ3n) is 3.25. The van der Waals surface area contributed by atoms with Gasteiger partial charge in [-0.1, -0.05) is 13.8 Å². The Morgan fingerprint density at radius 2 is 1.45 bits per heavy atom. The number of amides is 1. The molecule has 0 aromatic carbocycles. The third kappa shape index (κ3) is 4.22. The number of carbonyl (C=O) groups is 1. The van der Waals surface area contributed by atoms with Crippen LogP contribution in [0.5, 0.6) is 0 Å². The average molecular weight is 343 g/mol. The van der Waals surface area contributed by atoms with Gasteiger partial charge in [-0.05, 0) is 12.8 Å². The van der Waals surface area contributed by atoms with Crippen LogP contribution in [0.1, 0.15) is 33.1 Å². The van der Waals surface area contributed by atoms with E-state index in [0.29, 0.717) is 12.8 Å². The summed E-state index contributed by atoms with van der Waals surface area (Å²) in [4.78, 5) is 11.4. The highest BCUT2D eigenvalue weighted by Crippen LogP contribution is 2.49. The minimum atomic E-state index is -6.23. The average Bonchev–Trinajstić information content (AvgIpc) is 2.39. The van der Waals surface area contributed by atoms with Gasteiger partial charge in [0.1, 0.15) is 0 Å². The van der Waals surface area contributed by atoms with Crippen LogP contribution >= 0.6 is 0 Å². The summed E-state index contributed by atoms with van der Waals surface area (Å²) in [6, 6.07) is 0. The number of carbonyl (C=O) groups excluding carboxylic acids is 1. The smallest absolute Gasteiger partial charge is 0.356 e. The zero-order valence-electron chi connectivity index (χ0n) is 11.9. The van der Waals surface area contributed by atoms with Crippen molar-refractivity contribution in [2.45, 2.75) is 57.3 Å². The van der Waals surface area contributed by atoms with E-state index < -0.39 is 49.0 Å². The van der Waals surface area contributed by atoms with Gasteiger partial charge < -0.3 is 5.32 Å². The van der Waals surface area contributed by atoms with Crippen molar-refractivity contribution in [3.8, 4) is 0 Å². The summed E-state index contributed by atoms with van der Waals surface area (Å²) < 4.78 is 101. The second-order valence-corrected chi connectivity index (χ2v) is 4.76. The second kappa shape index (κ2) is 7.45. The molecule has 0 spiro atoms. The van der Waals surface area contributed by atoms with Gasteiger partial charge in [0.05, 0.1) is 0 Å². The molecule has 0 aromatic heterocycles. The van der Waals surface area contributed by atoms with Crippen molar-refractivity contribution in [1.29, 1.82) is 0 Å². The number of halogens is 8. The monoisotopic (exact) mass is 343 g/mol. The highest BCUT2D eigenvalue weighted by atomic mass is 19.4. The molecule has 0 atom stereocenters. The fourth-order valence-electron chi connectivity index (χ4n) is 1.68. The van der Waals surface area contributed by atoms with Gasteiger partial charge in [-0.25, -0.2) is 8.78 Å². The predicted molar refractivity (Wildman–Crippen MR) is 62.5 cm³/mol. The topological polar surface area (TPSA) is 29.1 Å². The van der Waals surface area contributed by atoms with Gasteiger partial charge in [0, 0.05) is 18.9 Å². The Hall–Kier alpha value is -1.09. The molecule has 1 amide bonds. The van der Waals surface area contributed by atoms with Crippen molar-refractivity contribution < 1.29 is 39.9 Å². The molecule has 22 heavy (non-hydrogen) atoms. The van der Waals surface area contributed by atoms with Gasteiger partial charge in [-0.2, -0.15) is 26.3 Å². The fourth-order valence-corrected chi connectivity index (χ4v) is 1.68. The van der Waals surface area contributed by atoms with Gasteiger partial charge in [0.25, 0.3) is 0 Å². The van der Waals surface area contributed by atoms with Crippen LogP contribution in [0, 0.1) is 5.92 Å². The number of hydrogen-bond donors (Lipinski definition) is 1. The van der Waals surface area contributed by atoms with Gasteiger partial charge in [-0.3, -0.25) is 4.79 Å². The summed E-state index contributed by atoms with van der Waals surface area (Å²) in [6.45, 7) is 2.25. The molecule has 0 aliphatic carbocycles. The Morgan fingerprint density at radius 1 is 1.00 bits per heavy atom. The first-order valence-electron chi connectivity index (χ1n) is 6.54. The Kier molecular flexibility index (Phi) is 7.08. The lowest BCUT2D eigenvalue weighted by atomic mass is 10.0. The molecule has 0 saturated heterocycles. The van der Waals surface area contributed by atoms with Crippen LogP contribution in [0.4, 0.5) is 35.1 Å². The molecule has 0 heterocycles. The number of hydrogen-bond acceptors (Lipinski definition) is 1. The molecular formula is C12H17F8NO. The lowest BCUT2D eigenvalue weighted by molar-refractivity contribution is -0.339. The largest absolute Gasteiger partial charge is 0.377 e. The Morgan fingerprint density at radius 3 is 1.82 bits per heavy atom. The molecule has 0 aromatic rings. The summed E-state index contributed by atoms with van der Waals surface area (Å²) in [5.74, 6) is -19.0. The molecule has 10 heteroatoms. The molecule has 0 bridgehead atoms. The van der Waals surface area contributed by atoms with Crippen molar-refractivity contribution in [3.63, 3.8) is 0 Å². The molecule has 0 unspecified atom stereocenters. The first-order valence-corrected chi connectivity index (χ1v) is 6.54. The number of nitrogens with one attached hydrogen (secondary N) is 1. The molecule has 132 valence electrons. The van der Waals surface area contributed by atoms with Crippen LogP contribution in [-0.2, 0) is 4.79 Å². The Bertz CT molecular complexity index is 368.